The van der Waals surface area contributed by atoms with E-state index in [1.807, 2.05) is 30.3 Å². The van der Waals surface area contributed by atoms with Crippen molar-refractivity contribution in [1.82, 2.24) is 0 Å². The maximum atomic E-state index is 11.9. The number of ether oxygens (including phenoxy) is 2. The molecule has 0 N–H and O–H groups in total. The van der Waals surface area contributed by atoms with Crippen molar-refractivity contribution in [2.24, 2.45) is 0 Å². The molecule has 0 atom stereocenters. The molecule has 0 heterocycles. The van der Waals surface area contributed by atoms with E-state index in [1.54, 1.807) is 0 Å². The minimum atomic E-state index is -1.20. The molecule has 23 heavy (non-hydrogen) atoms. The number of carbonyl (C=O) groups excluding carboxylic acids is 2. The number of alkyl halides is 2. The van der Waals surface area contributed by atoms with Crippen LogP contribution in [-0.4, -0.2) is 23.7 Å². The summed E-state index contributed by atoms with van der Waals surface area (Å²) in [5.74, 6) is -0.783. The first kappa shape index (κ1) is 17.3. The summed E-state index contributed by atoms with van der Waals surface area (Å²) in [4.78, 5) is 22.6. The number of hydrogen-bond acceptors (Lipinski definition) is 4. The SMILES string of the molecule is COC(=O)c1cc(C(=O)C(Cl)Cl)ccc1OCc1ccccc1. The smallest absolute Gasteiger partial charge is 0.341 e. The zero-order chi connectivity index (χ0) is 16.8. The molecule has 0 bridgehead atoms. The summed E-state index contributed by atoms with van der Waals surface area (Å²) in [6, 6.07) is 13.9. The minimum absolute atomic E-state index is 0.142. The average Bonchev–Trinajstić information content (AvgIpc) is 2.59. The number of ketones is 1. The molecule has 0 spiro atoms. The standard InChI is InChI=1S/C17H14Cl2O4/c1-22-17(21)13-9-12(15(20)16(18)19)7-8-14(13)23-10-11-5-3-2-4-6-11/h2-9,16H,10H2,1H3. The summed E-state index contributed by atoms with van der Waals surface area (Å²) >= 11 is 11.2. The lowest BCUT2D eigenvalue weighted by atomic mass is 10.1. The van der Waals surface area contributed by atoms with Gasteiger partial charge in [0, 0.05) is 5.56 Å². The number of esters is 1. The third-order valence-corrected chi connectivity index (χ3v) is 3.50. The van der Waals surface area contributed by atoms with Gasteiger partial charge in [-0.25, -0.2) is 4.79 Å². The molecule has 0 aliphatic carbocycles. The Morgan fingerprint density at radius 3 is 2.39 bits per heavy atom. The Morgan fingerprint density at radius 1 is 1.09 bits per heavy atom. The van der Waals surface area contributed by atoms with Gasteiger partial charge in [-0.3, -0.25) is 4.79 Å². The lowest BCUT2D eigenvalue weighted by Crippen LogP contribution is -2.12. The highest BCUT2D eigenvalue weighted by molar-refractivity contribution is 6.55. The van der Waals surface area contributed by atoms with Crippen molar-refractivity contribution in [2.75, 3.05) is 7.11 Å². The van der Waals surface area contributed by atoms with Crippen molar-refractivity contribution in [3.8, 4) is 5.75 Å². The lowest BCUT2D eigenvalue weighted by molar-refractivity contribution is 0.0595. The van der Waals surface area contributed by atoms with E-state index >= 15 is 0 Å². The topological polar surface area (TPSA) is 52.6 Å². The van der Waals surface area contributed by atoms with Gasteiger partial charge in [0.15, 0.2) is 10.6 Å². The molecule has 0 aliphatic rings. The summed E-state index contributed by atoms with van der Waals surface area (Å²) in [6.45, 7) is 0.283. The van der Waals surface area contributed by atoms with Crippen molar-refractivity contribution >= 4 is 35.0 Å². The van der Waals surface area contributed by atoms with Crippen LogP contribution in [0.2, 0.25) is 0 Å². The van der Waals surface area contributed by atoms with Crippen LogP contribution in [-0.2, 0) is 11.3 Å². The molecule has 0 amide bonds. The third kappa shape index (κ3) is 4.47. The molecular weight excluding hydrogens is 339 g/mol. The van der Waals surface area contributed by atoms with Crippen LogP contribution in [0, 0.1) is 0 Å². The van der Waals surface area contributed by atoms with Crippen molar-refractivity contribution in [1.29, 1.82) is 0 Å². The van der Waals surface area contributed by atoms with E-state index in [0.29, 0.717) is 5.75 Å². The van der Waals surface area contributed by atoms with Crippen LogP contribution in [0.3, 0.4) is 0 Å². The van der Waals surface area contributed by atoms with Gasteiger partial charge >= 0.3 is 5.97 Å². The minimum Gasteiger partial charge on any atom is -0.488 e. The highest BCUT2D eigenvalue weighted by Gasteiger charge is 2.20. The number of rotatable bonds is 6. The predicted octanol–water partition coefficient (Wildman–Crippen LogP) is 4.04. The molecule has 0 aliphatic heterocycles. The van der Waals surface area contributed by atoms with E-state index in [0.717, 1.165) is 5.56 Å². The van der Waals surface area contributed by atoms with Gasteiger partial charge in [0.1, 0.15) is 17.9 Å². The van der Waals surface area contributed by atoms with Crippen molar-refractivity contribution in [2.45, 2.75) is 11.4 Å². The van der Waals surface area contributed by atoms with Gasteiger partial charge in [-0.15, -0.1) is 0 Å². The van der Waals surface area contributed by atoms with Crippen LogP contribution in [0.5, 0.6) is 5.75 Å². The molecule has 120 valence electrons. The van der Waals surface area contributed by atoms with E-state index < -0.39 is 16.6 Å². The second-order valence-corrected chi connectivity index (χ2v) is 5.74. The molecule has 0 fully saturated rings. The fourth-order valence-electron chi connectivity index (χ4n) is 1.94. The number of Topliss-reactive ketones (excluding diaryl/α,β-unsaturated/α-hetero) is 1. The Labute approximate surface area is 143 Å². The van der Waals surface area contributed by atoms with Crippen molar-refractivity contribution in [3.05, 3.63) is 65.2 Å². The summed E-state index contributed by atoms with van der Waals surface area (Å²) in [7, 11) is 1.25. The number of benzene rings is 2. The first-order chi connectivity index (χ1) is 11.0. The zero-order valence-corrected chi connectivity index (χ0v) is 13.8. The summed E-state index contributed by atoms with van der Waals surface area (Å²) in [5, 5.41) is 0. The van der Waals surface area contributed by atoms with E-state index in [1.165, 1.54) is 25.3 Å². The lowest BCUT2D eigenvalue weighted by Gasteiger charge is -2.12. The van der Waals surface area contributed by atoms with Gasteiger partial charge in [-0.1, -0.05) is 53.5 Å². The highest BCUT2D eigenvalue weighted by atomic mass is 35.5. The number of halogens is 2. The molecule has 4 nitrogen and oxygen atoms in total. The maximum Gasteiger partial charge on any atom is 0.341 e. The second kappa shape index (κ2) is 7.99. The van der Waals surface area contributed by atoms with Gasteiger partial charge in [-0.05, 0) is 23.8 Å². The van der Waals surface area contributed by atoms with Crippen molar-refractivity contribution in [3.63, 3.8) is 0 Å². The maximum absolute atomic E-state index is 11.9. The van der Waals surface area contributed by atoms with Crippen molar-refractivity contribution < 1.29 is 19.1 Å². The fourth-order valence-corrected chi connectivity index (χ4v) is 2.19. The Bertz CT molecular complexity index is 699. The Morgan fingerprint density at radius 2 is 1.78 bits per heavy atom. The van der Waals surface area contributed by atoms with Gasteiger partial charge in [0.05, 0.1) is 7.11 Å². The molecule has 6 heteroatoms. The number of hydrogen-bond donors (Lipinski definition) is 0. The van der Waals surface area contributed by atoms with E-state index in [2.05, 4.69) is 0 Å². The van der Waals surface area contributed by atoms with Crippen LogP contribution in [0.4, 0.5) is 0 Å². The average molecular weight is 353 g/mol. The quantitative estimate of drug-likeness (QED) is 0.447. The zero-order valence-electron chi connectivity index (χ0n) is 12.3. The number of methoxy groups -OCH3 is 1. The highest BCUT2D eigenvalue weighted by Crippen LogP contribution is 2.24. The number of carbonyl (C=O) groups is 2. The largest absolute Gasteiger partial charge is 0.488 e. The van der Waals surface area contributed by atoms with Gasteiger partial charge in [-0.2, -0.15) is 0 Å². The second-order valence-electron chi connectivity index (χ2n) is 4.64. The molecule has 0 aromatic heterocycles. The molecule has 0 unspecified atom stereocenters. The predicted molar refractivity (Wildman–Crippen MR) is 88.4 cm³/mol. The van der Waals surface area contributed by atoms with Gasteiger partial charge in [0.25, 0.3) is 0 Å². The molecule has 2 rings (SSSR count). The molecular formula is C17H14Cl2O4. The normalized spacial score (nSPS) is 10.4. The Hall–Kier alpha value is -2.04. The van der Waals surface area contributed by atoms with Crippen LogP contribution >= 0.6 is 23.2 Å². The first-order valence-electron chi connectivity index (χ1n) is 6.74. The summed E-state index contributed by atoms with van der Waals surface area (Å²) in [5.41, 5.74) is 1.31. The summed E-state index contributed by atoms with van der Waals surface area (Å²) < 4.78 is 10.4. The fraction of sp³-hybridized carbons (Fsp3) is 0.176. The third-order valence-electron chi connectivity index (χ3n) is 3.10. The molecule has 2 aromatic carbocycles. The van der Waals surface area contributed by atoms with Crippen LogP contribution < -0.4 is 4.74 Å². The Balaban J connectivity index is 2.27. The van der Waals surface area contributed by atoms with E-state index in [4.69, 9.17) is 32.7 Å². The van der Waals surface area contributed by atoms with Gasteiger partial charge in [0.2, 0.25) is 0 Å². The molecule has 0 saturated carbocycles. The van der Waals surface area contributed by atoms with Crippen LogP contribution in [0.25, 0.3) is 0 Å². The molecule has 0 saturated heterocycles. The Kier molecular flexibility index (Phi) is 6.02. The van der Waals surface area contributed by atoms with E-state index in [9.17, 15) is 9.59 Å². The monoisotopic (exact) mass is 352 g/mol. The van der Waals surface area contributed by atoms with Gasteiger partial charge < -0.3 is 9.47 Å². The summed E-state index contributed by atoms with van der Waals surface area (Å²) in [6.07, 6.45) is 0. The van der Waals surface area contributed by atoms with Crippen LogP contribution in [0.1, 0.15) is 26.3 Å². The van der Waals surface area contributed by atoms with E-state index in [-0.39, 0.29) is 17.7 Å². The first-order valence-corrected chi connectivity index (χ1v) is 7.61. The molecule has 0 radical (unpaired) electrons. The molecule has 2 aromatic rings. The van der Waals surface area contributed by atoms with Crippen LogP contribution in [0.15, 0.2) is 48.5 Å².